The maximum Gasteiger partial charge on any atom is 0.249 e. The summed E-state index contributed by atoms with van der Waals surface area (Å²) in [7, 11) is 0. The molecule has 0 aliphatic carbocycles. The van der Waals surface area contributed by atoms with E-state index in [1.54, 1.807) is 0 Å². The molecule has 2 amide bonds. The Morgan fingerprint density at radius 3 is 2.30 bits per heavy atom. The summed E-state index contributed by atoms with van der Waals surface area (Å²) in [6.07, 6.45) is 5.91. The molecule has 2 heterocycles. The Balaban J connectivity index is 0.00000320. The maximum atomic E-state index is 11.9. The van der Waals surface area contributed by atoms with Crippen LogP contribution < -0.4 is 16.4 Å². The zero-order valence-corrected chi connectivity index (χ0v) is 18.6. The smallest absolute Gasteiger partial charge is 0.249 e. The fraction of sp³-hybridized carbons (Fsp3) is 0.636. The molecule has 4 N–H and O–H groups in total. The van der Waals surface area contributed by atoms with Gasteiger partial charge in [0.1, 0.15) is 6.04 Å². The third-order valence-electron chi connectivity index (χ3n) is 5.83. The Labute approximate surface area is 186 Å². The number of hydrogen-bond donors (Lipinski definition) is 3. The quantitative estimate of drug-likeness (QED) is 0.383. The number of rotatable bonds is 10. The zero-order chi connectivity index (χ0) is 20.5. The molecule has 8 heteroatoms. The van der Waals surface area contributed by atoms with Crippen LogP contribution in [0.25, 0.3) is 0 Å². The van der Waals surface area contributed by atoms with Crippen LogP contribution in [-0.4, -0.2) is 66.9 Å². The van der Waals surface area contributed by atoms with Crippen molar-refractivity contribution in [1.82, 2.24) is 15.1 Å². The van der Waals surface area contributed by atoms with Crippen molar-refractivity contribution in [3.63, 3.8) is 0 Å². The minimum atomic E-state index is -0.332. The van der Waals surface area contributed by atoms with E-state index in [0.29, 0.717) is 12.8 Å². The Morgan fingerprint density at radius 1 is 0.967 bits per heavy atom. The van der Waals surface area contributed by atoms with E-state index in [2.05, 4.69) is 32.6 Å². The predicted octanol–water partition coefficient (Wildman–Crippen LogP) is 1.96. The van der Waals surface area contributed by atoms with Crippen LogP contribution in [0, 0.1) is 0 Å². The summed E-state index contributed by atoms with van der Waals surface area (Å²) in [5.41, 5.74) is 7.75. The third kappa shape index (κ3) is 7.87. The molecule has 1 aromatic rings. The number of carbonyl (C=O) groups is 2. The number of halogens is 1. The van der Waals surface area contributed by atoms with Crippen molar-refractivity contribution < 1.29 is 9.59 Å². The molecular weight excluding hydrogens is 402 g/mol. The SMILES string of the molecule is Cl.NCCCCCCN1CCN(Cc2ccc(NC3CCC(=O)NC3=O)cc2)CC1. The molecule has 1 atom stereocenters. The third-order valence-corrected chi connectivity index (χ3v) is 5.83. The number of carbonyl (C=O) groups excluding carboxylic acids is 2. The summed E-state index contributed by atoms with van der Waals surface area (Å²) >= 11 is 0. The van der Waals surface area contributed by atoms with Gasteiger partial charge in [0.2, 0.25) is 11.8 Å². The molecule has 168 valence electrons. The van der Waals surface area contributed by atoms with Gasteiger partial charge in [0.05, 0.1) is 0 Å². The van der Waals surface area contributed by atoms with Crippen molar-refractivity contribution in [2.75, 3.05) is 44.6 Å². The van der Waals surface area contributed by atoms with Gasteiger partial charge in [-0.2, -0.15) is 0 Å². The zero-order valence-electron chi connectivity index (χ0n) is 17.8. The molecule has 2 fully saturated rings. The van der Waals surface area contributed by atoms with Crippen molar-refractivity contribution in [3.8, 4) is 0 Å². The van der Waals surface area contributed by atoms with Crippen LogP contribution in [-0.2, 0) is 16.1 Å². The minimum Gasteiger partial charge on any atom is -0.374 e. The van der Waals surface area contributed by atoms with Gasteiger partial charge in [-0.15, -0.1) is 12.4 Å². The van der Waals surface area contributed by atoms with Crippen LogP contribution in [0.3, 0.4) is 0 Å². The summed E-state index contributed by atoms with van der Waals surface area (Å²) in [4.78, 5) is 28.2. The highest BCUT2D eigenvalue weighted by Crippen LogP contribution is 2.16. The molecule has 3 rings (SSSR count). The molecule has 2 saturated heterocycles. The van der Waals surface area contributed by atoms with Gasteiger partial charge in [0, 0.05) is 44.8 Å². The minimum absolute atomic E-state index is 0. The molecule has 1 unspecified atom stereocenters. The number of imide groups is 1. The number of nitrogens with zero attached hydrogens (tertiary/aromatic N) is 2. The van der Waals surface area contributed by atoms with Crippen LogP contribution >= 0.6 is 12.4 Å². The Kier molecular flexibility index (Phi) is 10.6. The second-order valence-corrected chi connectivity index (χ2v) is 8.17. The second-order valence-electron chi connectivity index (χ2n) is 8.17. The Bertz CT molecular complexity index is 662. The van der Waals surface area contributed by atoms with Gasteiger partial charge in [0.25, 0.3) is 0 Å². The molecule has 30 heavy (non-hydrogen) atoms. The lowest BCUT2D eigenvalue weighted by Crippen LogP contribution is -2.47. The number of hydrogen-bond acceptors (Lipinski definition) is 6. The lowest BCUT2D eigenvalue weighted by molar-refractivity contribution is -0.133. The van der Waals surface area contributed by atoms with Crippen LogP contribution in [0.2, 0.25) is 0 Å². The van der Waals surface area contributed by atoms with Crippen molar-refractivity contribution in [2.24, 2.45) is 5.73 Å². The average Bonchev–Trinajstić information content (AvgIpc) is 2.72. The van der Waals surface area contributed by atoms with E-state index in [1.165, 1.54) is 31.4 Å². The highest BCUT2D eigenvalue weighted by Gasteiger charge is 2.26. The summed E-state index contributed by atoms with van der Waals surface area (Å²) < 4.78 is 0. The summed E-state index contributed by atoms with van der Waals surface area (Å²) in [6, 6.07) is 7.96. The first kappa shape index (κ1) is 24.6. The summed E-state index contributed by atoms with van der Waals surface area (Å²) in [5.74, 6) is -0.419. The van der Waals surface area contributed by atoms with Gasteiger partial charge in [-0.05, 0) is 50.0 Å². The van der Waals surface area contributed by atoms with Crippen LogP contribution in [0.4, 0.5) is 5.69 Å². The van der Waals surface area contributed by atoms with Gasteiger partial charge in [-0.1, -0.05) is 25.0 Å². The molecule has 0 aromatic heterocycles. The monoisotopic (exact) mass is 437 g/mol. The van der Waals surface area contributed by atoms with Gasteiger partial charge in [-0.25, -0.2) is 0 Å². The van der Waals surface area contributed by atoms with Crippen molar-refractivity contribution in [2.45, 2.75) is 51.1 Å². The topological polar surface area (TPSA) is 90.7 Å². The Hall–Kier alpha value is -1.67. The Morgan fingerprint density at radius 2 is 1.63 bits per heavy atom. The predicted molar refractivity (Wildman–Crippen MR) is 123 cm³/mol. The van der Waals surface area contributed by atoms with Gasteiger partial charge >= 0.3 is 0 Å². The van der Waals surface area contributed by atoms with Crippen molar-refractivity contribution >= 4 is 29.9 Å². The molecule has 2 aliphatic rings. The number of benzene rings is 1. The van der Waals surface area contributed by atoms with E-state index >= 15 is 0 Å². The van der Waals surface area contributed by atoms with Crippen molar-refractivity contribution in [3.05, 3.63) is 29.8 Å². The van der Waals surface area contributed by atoms with Crippen LogP contribution in [0.15, 0.2) is 24.3 Å². The molecule has 0 bridgehead atoms. The average molecular weight is 438 g/mol. The molecule has 0 saturated carbocycles. The van der Waals surface area contributed by atoms with E-state index in [0.717, 1.165) is 51.4 Å². The van der Waals surface area contributed by atoms with E-state index in [1.807, 2.05) is 12.1 Å². The molecule has 2 aliphatic heterocycles. The number of unbranched alkanes of at least 4 members (excludes halogenated alkanes) is 3. The number of piperazine rings is 1. The highest BCUT2D eigenvalue weighted by molar-refractivity contribution is 6.01. The number of nitrogens with one attached hydrogen (secondary N) is 2. The molecule has 0 spiro atoms. The lowest BCUT2D eigenvalue weighted by Gasteiger charge is -2.34. The van der Waals surface area contributed by atoms with E-state index in [-0.39, 0.29) is 30.3 Å². The van der Waals surface area contributed by atoms with Gasteiger partial charge in [0.15, 0.2) is 0 Å². The number of anilines is 1. The van der Waals surface area contributed by atoms with Crippen LogP contribution in [0.5, 0.6) is 0 Å². The van der Waals surface area contributed by atoms with Crippen LogP contribution in [0.1, 0.15) is 44.1 Å². The normalized spacial score (nSPS) is 20.5. The number of piperidine rings is 1. The second kappa shape index (κ2) is 12.9. The number of amides is 2. The lowest BCUT2D eigenvalue weighted by atomic mass is 10.1. The highest BCUT2D eigenvalue weighted by atomic mass is 35.5. The van der Waals surface area contributed by atoms with E-state index < -0.39 is 0 Å². The maximum absolute atomic E-state index is 11.9. The first-order chi connectivity index (χ1) is 14.1. The summed E-state index contributed by atoms with van der Waals surface area (Å²) in [6.45, 7) is 7.49. The van der Waals surface area contributed by atoms with Crippen molar-refractivity contribution in [1.29, 1.82) is 0 Å². The molecular formula is C22H36ClN5O2. The van der Waals surface area contributed by atoms with E-state index in [9.17, 15) is 9.59 Å². The van der Waals surface area contributed by atoms with E-state index in [4.69, 9.17) is 5.73 Å². The molecule has 1 aromatic carbocycles. The fourth-order valence-electron chi connectivity index (χ4n) is 4.00. The fourth-order valence-corrected chi connectivity index (χ4v) is 4.00. The molecule has 7 nitrogen and oxygen atoms in total. The first-order valence-electron chi connectivity index (χ1n) is 11.0. The largest absolute Gasteiger partial charge is 0.374 e. The first-order valence-corrected chi connectivity index (χ1v) is 11.0. The standard InChI is InChI=1S/C22H35N5O2.ClH/c23-11-3-1-2-4-12-26-13-15-27(16-14-26)17-18-5-7-19(8-6-18)24-20-9-10-21(28)25-22(20)29;/h5-8,20,24H,1-4,9-17,23H2,(H,25,28,29);1H. The van der Waals surface area contributed by atoms with Gasteiger partial charge < -0.3 is 16.0 Å². The van der Waals surface area contributed by atoms with Gasteiger partial charge in [-0.3, -0.25) is 19.8 Å². The number of nitrogens with two attached hydrogens (primary N) is 1. The summed E-state index contributed by atoms with van der Waals surface area (Å²) in [5, 5.41) is 5.61. The molecule has 0 radical (unpaired) electrons.